The van der Waals surface area contributed by atoms with Crippen LogP contribution in [-0.2, 0) is 14.3 Å². The van der Waals surface area contributed by atoms with Crippen molar-refractivity contribution < 1.29 is 24.2 Å². The van der Waals surface area contributed by atoms with Crippen LogP contribution < -0.4 is 5.32 Å². The van der Waals surface area contributed by atoms with Gasteiger partial charge in [0.15, 0.2) is 0 Å². The molecule has 182 valence electrons. The molecule has 7 nitrogen and oxygen atoms in total. The number of hydrogen-bond donors (Lipinski definition) is 2. The van der Waals surface area contributed by atoms with Crippen molar-refractivity contribution >= 4 is 18.0 Å². The fourth-order valence-corrected chi connectivity index (χ4v) is 6.85. The van der Waals surface area contributed by atoms with Gasteiger partial charge < -0.3 is 20.1 Å². The van der Waals surface area contributed by atoms with Crippen LogP contribution in [0.4, 0.5) is 4.79 Å². The highest BCUT2D eigenvalue weighted by molar-refractivity contribution is 5.93. The third-order valence-corrected chi connectivity index (χ3v) is 8.85. The van der Waals surface area contributed by atoms with Gasteiger partial charge in [-0.2, -0.15) is 0 Å². The Morgan fingerprint density at radius 2 is 1.71 bits per heavy atom. The van der Waals surface area contributed by atoms with Crippen molar-refractivity contribution in [1.82, 2.24) is 10.2 Å². The van der Waals surface area contributed by atoms with E-state index in [0.29, 0.717) is 25.8 Å². The van der Waals surface area contributed by atoms with E-state index in [9.17, 15) is 19.5 Å². The quantitative estimate of drug-likeness (QED) is 0.679. The Kier molecular flexibility index (Phi) is 4.95. The molecule has 0 aromatic heterocycles. The Labute approximate surface area is 204 Å². The summed E-state index contributed by atoms with van der Waals surface area (Å²) in [5.41, 5.74) is 3.05. The molecule has 2 aromatic carbocycles. The number of aliphatic carboxylic acids is 1. The number of carbonyl (C=O) groups is 3. The second kappa shape index (κ2) is 7.83. The molecular weight excluding hydrogens is 444 g/mol. The van der Waals surface area contributed by atoms with Gasteiger partial charge in [-0.15, -0.1) is 0 Å². The van der Waals surface area contributed by atoms with Crippen molar-refractivity contribution in [1.29, 1.82) is 0 Å². The van der Waals surface area contributed by atoms with Crippen LogP contribution in [0.2, 0.25) is 0 Å². The molecule has 0 radical (unpaired) electrons. The van der Waals surface area contributed by atoms with E-state index in [1.807, 2.05) is 24.3 Å². The van der Waals surface area contributed by atoms with Gasteiger partial charge in [-0.25, -0.2) is 9.59 Å². The minimum absolute atomic E-state index is 0.00177. The lowest BCUT2D eigenvalue weighted by atomic mass is 9.94. The van der Waals surface area contributed by atoms with Crippen LogP contribution in [0.15, 0.2) is 48.5 Å². The lowest BCUT2D eigenvalue weighted by Gasteiger charge is -2.34. The zero-order valence-corrected chi connectivity index (χ0v) is 19.8. The highest BCUT2D eigenvalue weighted by Gasteiger charge is 2.67. The first-order valence-corrected chi connectivity index (χ1v) is 12.5. The molecule has 0 spiro atoms. The van der Waals surface area contributed by atoms with Gasteiger partial charge in [-0.05, 0) is 67.2 Å². The molecule has 0 bridgehead atoms. The maximum atomic E-state index is 13.4. The maximum absolute atomic E-state index is 13.4. The van der Waals surface area contributed by atoms with Crippen molar-refractivity contribution in [3.8, 4) is 11.1 Å². The maximum Gasteiger partial charge on any atom is 0.407 e. The van der Waals surface area contributed by atoms with Crippen LogP contribution in [-0.4, -0.2) is 52.7 Å². The summed E-state index contributed by atoms with van der Waals surface area (Å²) in [6.07, 6.45) is 2.78. The smallest absolute Gasteiger partial charge is 0.407 e. The Hall–Kier alpha value is -3.35. The van der Waals surface area contributed by atoms with E-state index in [0.717, 1.165) is 12.8 Å². The molecule has 2 amide bonds. The topological polar surface area (TPSA) is 95.9 Å². The minimum atomic E-state index is -1.13. The third kappa shape index (κ3) is 3.35. The number of benzene rings is 2. The largest absolute Gasteiger partial charge is 0.480 e. The van der Waals surface area contributed by atoms with E-state index >= 15 is 0 Å². The molecule has 4 atom stereocenters. The number of nitrogens with zero attached hydrogens (tertiary/aromatic N) is 1. The number of carboxylic acid groups (broad SMARTS) is 1. The van der Waals surface area contributed by atoms with E-state index in [4.69, 9.17) is 4.74 Å². The van der Waals surface area contributed by atoms with Gasteiger partial charge in [0.1, 0.15) is 12.1 Å². The summed E-state index contributed by atoms with van der Waals surface area (Å²) in [6.45, 7) is 2.39. The van der Waals surface area contributed by atoms with Crippen molar-refractivity contribution in [2.24, 2.45) is 11.3 Å². The number of carbonyl (C=O) groups excluding carboxylic acids is 2. The Morgan fingerprint density at radius 1 is 1.06 bits per heavy atom. The van der Waals surface area contributed by atoms with Crippen LogP contribution in [0.5, 0.6) is 0 Å². The summed E-state index contributed by atoms with van der Waals surface area (Å²) < 4.78 is 5.69. The van der Waals surface area contributed by atoms with Gasteiger partial charge in [-0.3, -0.25) is 4.79 Å². The number of likely N-dealkylation sites (tertiary alicyclic amines) is 1. The minimum Gasteiger partial charge on any atom is -0.480 e. The summed E-state index contributed by atoms with van der Waals surface area (Å²) in [4.78, 5) is 39.6. The Balaban J connectivity index is 1.08. The molecule has 35 heavy (non-hydrogen) atoms. The van der Waals surface area contributed by atoms with Gasteiger partial charge in [0.2, 0.25) is 5.91 Å². The molecule has 7 heteroatoms. The van der Waals surface area contributed by atoms with Gasteiger partial charge in [0.25, 0.3) is 0 Å². The molecule has 1 aliphatic heterocycles. The molecule has 3 aliphatic carbocycles. The van der Waals surface area contributed by atoms with E-state index in [1.54, 1.807) is 11.8 Å². The molecule has 3 unspecified atom stereocenters. The number of carboxylic acids is 1. The fourth-order valence-electron chi connectivity index (χ4n) is 6.85. The third-order valence-electron chi connectivity index (χ3n) is 8.85. The molecule has 2 N–H and O–H groups in total. The van der Waals surface area contributed by atoms with Crippen molar-refractivity contribution in [2.75, 3.05) is 13.2 Å². The molecule has 1 heterocycles. The van der Waals surface area contributed by atoms with Crippen molar-refractivity contribution in [2.45, 2.75) is 56.5 Å². The van der Waals surface area contributed by atoms with Crippen LogP contribution >= 0.6 is 0 Å². The van der Waals surface area contributed by atoms with Crippen LogP contribution in [0.3, 0.4) is 0 Å². The zero-order valence-electron chi connectivity index (χ0n) is 19.8. The standard InChI is InChI=1S/C28H30N2O5/c1-27(25(32)33)11-6-12-30(27)24(31)28-14-17(28)13-18(15-28)29-26(34)35-16-23-21-9-4-2-7-19(21)20-8-3-5-10-22(20)23/h2-5,7-10,17-18,23H,6,11-16H2,1H3,(H,29,34)(H,32,33)/t17?,18?,27-,28?/m0/s1. The van der Waals surface area contributed by atoms with Gasteiger partial charge in [0, 0.05) is 18.5 Å². The summed E-state index contributed by atoms with van der Waals surface area (Å²) in [5.74, 6) is -0.792. The number of hydrogen-bond acceptors (Lipinski definition) is 4. The summed E-state index contributed by atoms with van der Waals surface area (Å²) >= 11 is 0. The SMILES string of the molecule is C[C@@]1(C(=O)O)CCCN1C(=O)C12CC(NC(=O)OCC3c4ccccc4-c4ccccc43)CC1C2. The first-order chi connectivity index (χ1) is 16.8. The Morgan fingerprint density at radius 3 is 2.37 bits per heavy atom. The summed E-state index contributed by atoms with van der Waals surface area (Å²) in [6, 6.07) is 16.3. The number of amides is 2. The molecule has 3 fully saturated rings. The normalized spacial score (nSPS) is 30.4. The van der Waals surface area contributed by atoms with Crippen molar-refractivity contribution in [3.63, 3.8) is 0 Å². The Bertz CT molecular complexity index is 1180. The predicted molar refractivity (Wildman–Crippen MR) is 129 cm³/mol. The van der Waals surface area contributed by atoms with E-state index in [1.165, 1.54) is 22.3 Å². The van der Waals surface area contributed by atoms with Crippen LogP contribution in [0, 0.1) is 11.3 Å². The second-order valence-electron chi connectivity index (χ2n) is 10.8. The average molecular weight is 475 g/mol. The molecule has 4 aliphatic rings. The predicted octanol–water partition coefficient (Wildman–Crippen LogP) is 4.16. The average Bonchev–Trinajstić information content (AvgIpc) is 3.13. The number of fused-ring (bicyclic) bond motifs is 4. The zero-order chi connectivity index (χ0) is 24.4. The van der Waals surface area contributed by atoms with E-state index < -0.39 is 23.0 Å². The molecule has 2 aromatic rings. The molecule has 2 saturated carbocycles. The fraction of sp³-hybridized carbons (Fsp3) is 0.464. The lowest BCUT2D eigenvalue weighted by Crippen LogP contribution is -2.53. The number of ether oxygens (including phenoxy) is 1. The van der Waals surface area contributed by atoms with Gasteiger partial charge >= 0.3 is 12.1 Å². The monoisotopic (exact) mass is 474 g/mol. The van der Waals surface area contributed by atoms with Crippen LogP contribution in [0.1, 0.15) is 56.1 Å². The van der Waals surface area contributed by atoms with E-state index in [-0.39, 0.29) is 30.4 Å². The molecular formula is C28H30N2O5. The van der Waals surface area contributed by atoms with Crippen molar-refractivity contribution in [3.05, 3.63) is 59.7 Å². The number of nitrogens with one attached hydrogen (secondary N) is 1. The highest BCUT2D eigenvalue weighted by atomic mass is 16.5. The highest BCUT2D eigenvalue weighted by Crippen LogP contribution is 2.65. The number of rotatable bonds is 5. The van der Waals surface area contributed by atoms with Crippen LogP contribution in [0.25, 0.3) is 11.1 Å². The molecule has 6 rings (SSSR count). The van der Waals surface area contributed by atoms with Gasteiger partial charge in [-0.1, -0.05) is 48.5 Å². The lowest BCUT2D eigenvalue weighted by molar-refractivity contribution is -0.157. The first-order valence-electron chi connectivity index (χ1n) is 12.5. The first kappa shape index (κ1) is 22.1. The summed E-state index contributed by atoms with van der Waals surface area (Å²) in [5, 5.41) is 12.7. The molecule has 1 saturated heterocycles. The second-order valence-corrected chi connectivity index (χ2v) is 10.8. The van der Waals surface area contributed by atoms with E-state index in [2.05, 4.69) is 29.6 Å². The number of alkyl carbamates (subject to hydrolysis) is 1. The van der Waals surface area contributed by atoms with Gasteiger partial charge in [0.05, 0.1) is 5.41 Å². The summed E-state index contributed by atoms with van der Waals surface area (Å²) in [7, 11) is 0.